The van der Waals surface area contributed by atoms with Gasteiger partial charge in [0.1, 0.15) is 11.0 Å². The van der Waals surface area contributed by atoms with E-state index in [1.54, 1.807) is 6.07 Å². The number of hydrogen-bond donors (Lipinski definition) is 0. The maximum absolute atomic E-state index is 15.8. The lowest BCUT2D eigenvalue weighted by Gasteiger charge is -2.17. The molecule has 3 heterocycles. The SMILES string of the molecule is CCCCCCCCCCC(CCCCCCCC)Cc1cc(-c2c(F)c(F)c(-c3ccc(Br)s3)c3nsnc23)sc1Br. The van der Waals surface area contributed by atoms with Crippen LogP contribution in [0.2, 0.25) is 0 Å². The molecule has 43 heavy (non-hydrogen) atoms. The van der Waals surface area contributed by atoms with Crippen molar-refractivity contribution in [1.29, 1.82) is 0 Å². The number of fused-ring (bicyclic) bond motifs is 1. The average Bonchev–Trinajstić information content (AvgIpc) is 3.73. The van der Waals surface area contributed by atoms with Crippen molar-refractivity contribution in [2.45, 2.75) is 123 Å². The van der Waals surface area contributed by atoms with Crippen LogP contribution in [0.25, 0.3) is 31.9 Å². The zero-order chi connectivity index (χ0) is 30.6. The van der Waals surface area contributed by atoms with Crippen molar-refractivity contribution in [1.82, 2.24) is 8.75 Å². The van der Waals surface area contributed by atoms with Gasteiger partial charge in [0.05, 0.1) is 30.4 Å². The predicted molar refractivity (Wildman–Crippen MR) is 192 cm³/mol. The van der Waals surface area contributed by atoms with Crippen LogP contribution in [0.4, 0.5) is 8.78 Å². The summed E-state index contributed by atoms with van der Waals surface area (Å²) in [4.78, 5) is 1.35. The fourth-order valence-electron chi connectivity index (χ4n) is 5.95. The molecule has 1 aromatic carbocycles. The van der Waals surface area contributed by atoms with Gasteiger partial charge in [-0.1, -0.05) is 117 Å². The monoisotopic (exact) mass is 772 g/mol. The van der Waals surface area contributed by atoms with Crippen LogP contribution in [-0.4, -0.2) is 8.75 Å². The van der Waals surface area contributed by atoms with E-state index in [0.717, 1.165) is 25.7 Å². The Bertz CT molecular complexity index is 1410. The number of unbranched alkanes of at least 4 members (excludes halogenated alkanes) is 12. The van der Waals surface area contributed by atoms with Crippen LogP contribution in [0.3, 0.4) is 0 Å². The molecule has 1 unspecified atom stereocenters. The van der Waals surface area contributed by atoms with Gasteiger partial charge in [0.25, 0.3) is 0 Å². The second-order valence-corrected chi connectivity index (χ2v) is 17.1. The first-order valence-corrected chi connectivity index (χ1v) is 20.1. The van der Waals surface area contributed by atoms with Gasteiger partial charge in [-0.15, -0.1) is 22.7 Å². The Morgan fingerprint density at radius 3 is 1.70 bits per heavy atom. The fourth-order valence-corrected chi connectivity index (χ4v) is 9.69. The summed E-state index contributed by atoms with van der Waals surface area (Å²) in [5, 5.41) is 0. The van der Waals surface area contributed by atoms with Crippen molar-refractivity contribution in [2.24, 2.45) is 5.92 Å². The fraction of sp³-hybridized carbons (Fsp3) is 0.588. The third-order valence-corrected chi connectivity index (χ3v) is 12.5. The van der Waals surface area contributed by atoms with Gasteiger partial charge in [0.15, 0.2) is 11.6 Å². The molecule has 1 atom stereocenters. The molecule has 4 aromatic rings. The lowest BCUT2D eigenvalue weighted by atomic mass is 9.89. The quantitative estimate of drug-likeness (QED) is 0.0836. The summed E-state index contributed by atoms with van der Waals surface area (Å²) in [5.74, 6) is -1.10. The summed E-state index contributed by atoms with van der Waals surface area (Å²) in [6.07, 6.45) is 21.9. The lowest BCUT2D eigenvalue weighted by molar-refractivity contribution is 0.400. The van der Waals surface area contributed by atoms with Crippen molar-refractivity contribution < 1.29 is 8.78 Å². The second kappa shape index (κ2) is 18.4. The van der Waals surface area contributed by atoms with Gasteiger partial charge in [-0.05, 0) is 68.0 Å². The number of nitrogens with zero attached hydrogens (tertiary/aromatic N) is 2. The number of thiophene rings is 2. The van der Waals surface area contributed by atoms with Crippen molar-refractivity contribution in [3.05, 3.63) is 43.0 Å². The van der Waals surface area contributed by atoms with E-state index in [-0.39, 0.29) is 11.1 Å². The molecule has 0 saturated carbocycles. The van der Waals surface area contributed by atoms with Crippen molar-refractivity contribution in [3.63, 3.8) is 0 Å². The van der Waals surface area contributed by atoms with Crippen LogP contribution in [0.5, 0.6) is 0 Å². The smallest absolute Gasteiger partial charge is 0.170 e. The standard InChI is InChI=1S/C34H44Br2F2N2S3/c1-3-5-7-9-11-12-14-16-18-23(17-15-13-10-8-6-4-2)21-24-22-26(42-34(24)36)29-31(38)30(37)28(25-19-20-27(35)41-25)32-33(29)40-43-39-32/h19-20,22-23H,3-18,21H2,1-2H3. The molecule has 0 N–H and O–H groups in total. The molecule has 0 aliphatic rings. The first-order chi connectivity index (χ1) is 20.9. The topological polar surface area (TPSA) is 25.8 Å². The van der Waals surface area contributed by atoms with Crippen LogP contribution in [0.15, 0.2) is 25.8 Å². The number of rotatable bonds is 20. The minimum Gasteiger partial charge on any atom is -0.203 e. The summed E-state index contributed by atoms with van der Waals surface area (Å²) in [7, 11) is 0. The van der Waals surface area contributed by atoms with Crippen LogP contribution in [-0.2, 0) is 6.42 Å². The Kier molecular flexibility index (Phi) is 15.0. The van der Waals surface area contributed by atoms with Gasteiger partial charge in [-0.2, -0.15) is 8.75 Å². The van der Waals surface area contributed by atoms with Gasteiger partial charge < -0.3 is 0 Å². The van der Waals surface area contributed by atoms with E-state index in [1.807, 2.05) is 6.07 Å². The van der Waals surface area contributed by atoms with Gasteiger partial charge >= 0.3 is 0 Å². The van der Waals surface area contributed by atoms with Gasteiger partial charge in [0, 0.05) is 9.75 Å². The summed E-state index contributed by atoms with van der Waals surface area (Å²) < 4.78 is 42.2. The molecule has 0 spiro atoms. The molecular formula is C34H44Br2F2N2S3. The highest BCUT2D eigenvalue weighted by Gasteiger charge is 2.27. The predicted octanol–water partition coefficient (Wildman–Crippen LogP) is 14.4. The first-order valence-electron chi connectivity index (χ1n) is 16.1. The highest BCUT2D eigenvalue weighted by molar-refractivity contribution is 9.11. The average molecular weight is 775 g/mol. The molecule has 0 aliphatic carbocycles. The zero-order valence-corrected chi connectivity index (χ0v) is 31.1. The van der Waals surface area contributed by atoms with Crippen molar-refractivity contribution in [3.8, 4) is 20.9 Å². The van der Waals surface area contributed by atoms with E-state index >= 15 is 8.78 Å². The van der Waals surface area contributed by atoms with E-state index in [4.69, 9.17) is 0 Å². The molecule has 0 saturated heterocycles. The van der Waals surface area contributed by atoms with Gasteiger partial charge in [-0.25, -0.2) is 8.78 Å². The highest BCUT2D eigenvalue weighted by Crippen LogP contribution is 2.45. The van der Waals surface area contributed by atoms with Gasteiger partial charge in [0.2, 0.25) is 0 Å². The number of benzene rings is 1. The molecule has 0 aliphatic heterocycles. The molecule has 0 radical (unpaired) electrons. The Hall–Kier alpha value is -0.740. The second-order valence-electron chi connectivity index (χ2n) is 11.7. The molecule has 0 amide bonds. The Balaban J connectivity index is 1.49. The number of halogens is 4. The van der Waals surface area contributed by atoms with Crippen LogP contribution in [0.1, 0.15) is 122 Å². The molecule has 0 bridgehead atoms. The normalized spacial score (nSPS) is 12.5. The largest absolute Gasteiger partial charge is 0.203 e. The molecule has 4 rings (SSSR count). The molecule has 236 valence electrons. The third-order valence-electron chi connectivity index (χ3n) is 8.36. The van der Waals surface area contributed by atoms with Crippen molar-refractivity contribution >= 4 is 77.3 Å². The van der Waals surface area contributed by atoms with E-state index < -0.39 is 11.6 Å². The molecule has 3 aromatic heterocycles. The summed E-state index contributed by atoms with van der Waals surface area (Å²) in [6.45, 7) is 4.53. The summed E-state index contributed by atoms with van der Waals surface area (Å²) in [5.41, 5.74) is 2.48. The maximum atomic E-state index is 15.8. The highest BCUT2D eigenvalue weighted by atomic mass is 79.9. The van der Waals surface area contributed by atoms with E-state index in [0.29, 0.717) is 26.7 Å². The van der Waals surface area contributed by atoms with E-state index in [2.05, 4.69) is 60.5 Å². The number of aromatic nitrogens is 2. The molecular weight excluding hydrogens is 730 g/mol. The van der Waals surface area contributed by atoms with Crippen LogP contribution < -0.4 is 0 Å². The summed E-state index contributed by atoms with van der Waals surface area (Å²) >= 11 is 11.1. The Labute approximate surface area is 285 Å². The summed E-state index contributed by atoms with van der Waals surface area (Å²) in [6, 6.07) is 5.70. The van der Waals surface area contributed by atoms with E-state index in [9.17, 15) is 0 Å². The van der Waals surface area contributed by atoms with Crippen molar-refractivity contribution in [2.75, 3.05) is 0 Å². The lowest BCUT2D eigenvalue weighted by Crippen LogP contribution is -2.05. The molecule has 9 heteroatoms. The number of hydrogen-bond acceptors (Lipinski definition) is 5. The van der Waals surface area contributed by atoms with Crippen LogP contribution >= 0.6 is 66.3 Å². The zero-order valence-electron chi connectivity index (χ0n) is 25.5. The minimum atomic E-state index is -0.855. The molecule has 2 nitrogen and oxygen atoms in total. The first kappa shape index (κ1) is 35.1. The minimum absolute atomic E-state index is 0.195. The van der Waals surface area contributed by atoms with E-state index in [1.165, 1.54) is 131 Å². The molecule has 0 fully saturated rings. The third kappa shape index (κ3) is 9.87. The maximum Gasteiger partial charge on any atom is 0.170 e. The van der Waals surface area contributed by atoms with Crippen LogP contribution in [0, 0.1) is 17.6 Å². The Morgan fingerprint density at radius 1 is 0.674 bits per heavy atom. The Morgan fingerprint density at radius 2 is 1.19 bits per heavy atom. The van der Waals surface area contributed by atoms with Gasteiger partial charge in [-0.3, -0.25) is 0 Å².